The Bertz CT molecular complexity index is 923. The molecule has 1 aromatic carbocycles. The van der Waals surface area contributed by atoms with Gasteiger partial charge in [0.05, 0.1) is 0 Å². The van der Waals surface area contributed by atoms with Gasteiger partial charge in [-0.3, -0.25) is 9.78 Å². The maximum Gasteiger partial charge on any atom is 0.271 e. The van der Waals surface area contributed by atoms with Gasteiger partial charge in [0.25, 0.3) is 5.91 Å². The monoisotopic (exact) mass is 397 g/mol. The predicted molar refractivity (Wildman–Crippen MR) is 108 cm³/mol. The summed E-state index contributed by atoms with van der Waals surface area (Å²) in [5, 5.41) is 5.52. The number of carbonyl (C=O) groups is 1. The lowest BCUT2D eigenvalue weighted by Gasteiger charge is -2.36. The van der Waals surface area contributed by atoms with E-state index in [1.54, 1.807) is 29.9 Å². The molecule has 0 bridgehead atoms. The van der Waals surface area contributed by atoms with Crippen LogP contribution in [0.5, 0.6) is 0 Å². The Hall–Kier alpha value is -3.00. The molecular formula is C20H20FN5OS. The SMILES string of the molecule is O=C(NCc1cccnc1)c1csc(N2CCN(c3ccc(F)cc3)CC2)n1. The summed E-state index contributed by atoms with van der Waals surface area (Å²) < 4.78 is 13.1. The summed E-state index contributed by atoms with van der Waals surface area (Å²) >= 11 is 1.48. The summed E-state index contributed by atoms with van der Waals surface area (Å²) in [6.07, 6.45) is 3.43. The van der Waals surface area contributed by atoms with Crippen LogP contribution in [0.4, 0.5) is 15.2 Å². The molecule has 0 atom stereocenters. The molecule has 4 rings (SSSR count). The maximum atomic E-state index is 13.1. The molecule has 0 saturated carbocycles. The summed E-state index contributed by atoms with van der Waals surface area (Å²) in [4.78, 5) is 25.3. The van der Waals surface area contributed by atoms with Crippen molar-refractivity contribution >= 4 is 28.1 Å². The Kier molecular flexibility index (Phi) is 5.48. The molecule has 28 heavy (non-hydrogen) atoms. The third kappa shape index (κ3) is 4.28. The fourth-order valence-electron chi connectivity index (χ4n) is 3.10. The highest BCUT2D eigenvalue weighted by Crippen LogP contribution is 2.24. The third-order valence-electron chi connectivity index (χ3n) is 4.64. The summed E-state index contributed by atoms with van der Waals surface area (Å²) in [7, 11) is 0. The Morgan fingerprint density at radius 2 is 1.86 bits per heavy atom. The number of thiazole rings is 1. The molecule has 3 heterocycles. The molecule has 1 saturated heterocycles. The lowest BCUT2D eigenvalue weighted by Crippen LogP contribution is -2.46. The number of hydrogen-bond acceptors (Lipinski definition) is 6. The van der Waals surface area contributed by atoms with Crippen LogP contribution in [0.25, 0.3) is 0 Å². The van der Waals surface area contributed by atoms with Crippen molar-refractivity contribution in [1.82, 2.24) is 15.3 Å². The van der Waals surface area contributed by atoms with E-state index < -0.39 is 0 Å². The van der Waals surface area contributed by atoms with Crippen molar-refractivity contribution < 1.29 is 9.18 Å². The van der Waals surface area contributed by atoms with E-state index in [9.17, 15) is 9.18 Å². The molecule has 1 fully saturated rings. The summed E-state index contributed by atoms with van der Waals surface area (Å²) in [6, 6.07) is 10.3. The first kappa shape index (κ1) is 18.4. The Morgan fingerprint density at radius 3 is 2.57 bits per heavy atom. The lowest BCUT2D eigenvalue weighted by molar-refractivity contribution is 0.0946. The number of rotatable bonds is 5. The van der Waals surface area contributed by atoms with Crippen molar-refractivity contribution in [3.63, 3.8) is 0 Å². The number of carbonyl (C=O) groups excluding carboxylic acids is 1. The Labute approximate surface area is 166 Å². The van der Waals surface area contributed by atoms with Gasteiger partial charge >= 0.3 is 0 Å². The van der Waals surface area contributed by atoms with Gasteiger partial charge < -0.3 is 15.1 Å². The van der Waals surface area contributed by atoms with E-state index >= 15 is 0 Å². The quantitative estimate of drug-likeness (QED) is 0.717. The van der Waals surface area contributed by atoms with Crippen molar-refractivity contribution in [1.29, 1.82) is 0 Å². The van der Waals surface area contributed by atoms with Crippen LogP contribution in [0.15, 0.2) is 54.2 Å². The summed E-state index contributed by atoms with van der Waals surface area (Å²) in [5.41, 5.74) is 2.41. The molecular weight excluding hydrogens is 377 g/mol. The number of benzene rings is 1. The van der Waals surface area contributed by atoms with Gasteiger partial charge in [0, 0.05) is 56.2 Å². The van der Waals surface area contributed by atoms with Gasteiger partial charge in [-0.05, 0) is 35.9 Å². The first-order chi connectivity index (χ1) is 13.7. The average Bonchev–Trinajstić information content (AvgIpc) is 3.24. The van der Waals surface area contributed by atoms with Crippen LogP contribution >= 0.6 is 11.3 Å². The number of piperazine rings is 1. The highest BCUT2D eigenvalue weighted by atomic mass is 32.1. The molecule has 144 valence electrons. The van der Waals surface area contributed by atoms with Gasteiger partial charge in [0.2, 0.25) is 0 Å². The minimum absolute atomic E-state index is 0.184. The van der Waals surface area contributed by atoms with Crippen LogP contribution in [-0.2, 0) is 6.54 Å². The van der Waals surface area contributed by atoms with Crippen LogP contribution in [0.1, 0.15) is 16.1 Å². The van der Waals surface area contributed by atoms with Crippen molar-refractivity contribution in [2.75, 3.05) is 36.0 Å². The second-order valence-electron chi connectivity index (χ2n) is 6.51. The minimum atomic E-state index is -0.223. The van der Waals surface area contributed by atoms with Gasteiger partial charge in [-0.25, -0.2) is 9.37 Å². The van der Waals surface area contributed by atoms with Crippen LogP contribution in [-0.4, -0.2) is 42.1 Å². The van der Waals surface area contributed by atoms with Gasteiger partial charge in [-0.15, -0.1) is 11.3 Å². The molecule has 1 aliphatic rings. The van der Waals surface area contributed by atoms with Crippen molar-refractivity contribution in [2.45, 2.75) is 6.54 Å². The Morgan fingerprint density at radius 1 is 1.11 bits per heavy atom. The second kappa shape index (κ2) is 8.35. The molecule has 3 aromatic rings. The number of hydrogen-bond donors (Lipinski definition) is 1. The molecule has 0 spiro atoms. The van der Waals surface area contributed by atoms with E-state index in [0.29, 0.717) is 12.2 Å². The highest BCUT2D eigenvalue weighted by Gasteiger charge is 2.21. The van der Waals surface area contributed by atoms with Crippen LogP contribution in [0, 0.1) is 5.82 Å². The number of pyridine rings is 1. The minimum Gasteiger partial charge on any atom is -0.368 e. The molecule has 1 amide bonds. The second-order valence-corrected chi connectivity index (χ2v) is 7.35. The molecule has 0 aliphatic carbocycles. The summed E-state index contributed by atoms with van der Waals surface area (Å²) in [6.45, 7) is 3.70. The average molecular weight is 397 g/mol. The zero-order valence-electron chi connectivity index (χ0n) is 15.2. The van der Waals surface area contributed by atoms with Crippen molar-refractivity contribution in [2.24, 2.45) is 0 Å². The smallest absolute Gasteiger partial charge is 0.271 e. The number of nitrogens with zero attached hydrogens (tertiary/aromatic N) is 4. The number of anilines is 2. The van der Waals surface area contributed by atoms with E-state index in [2.05, 4.69) is 25.1 Å². The van der Waals surface area contributed by atoms with Crippen LogP contribution in [0.3, 0.4) is 0 Å². The standard InChI is InChI=1S/C20H20FN5OS/c21-16-3-5-17(6-4-16)25-8-10-26(11-9-25)20-24-18(14-28-20)19(27)23-13-15-2-1-7-22-12-15/h1-7,12,14H,8-11,13H2,(H,23,27). The molecule has 8 heteroatoms. The first-order valence-corrected chi connectivity index (χ1v) is 9.95. The summed E-state index contributed by atoms with van der Waals surface area (Å²) in [5.74, 6) is -0.407. The fourth-order valence-corrected chi connectivity index (χ4v) is 3.96. The lowest BCUT2D eigenvalue weighted by atomic mass is 10.2. The number of nitrogens with one attached hydrogen (secondary N) is 1. The van der Waals surface area contributed by atoms with E-state index in [1.165, 1.54) is 23.5 Å². The zero-order chi connectivity index (χ0) is 19.3. The van der Waals surface area contributed by atoms with Crippen molar-refractivity contribution in [3.05, 3.63) is 71.2 Å². The van der Waals surface area contributed by atoms with Gasteiger partial charge in [-0.1, -0.05) is 6.07 Å². The van der Waals surface area contributed by atoms with Crippen LogP contribution in [0.2, 0.25) is 0 Å². The number of halogens is 1. The number of aromatic nitrogens is 2. The first-order valence-electron chi connectivity index (χ1n) is 9.07. The topological polar surface area (TPSA) is 61.4 Å². The Balaban J connectivity index is 1.32. The van der Waals surface area contributed by atoms with Crippen LogP contribution < -0.4 is 15.1 Å². The van der Waals surface area contributed by atoms with E-state index in [0.717, 1.165) is 42.6 Å². The van der Waals surface area contributed by atoms with Gasteiger partial charge in [0.15, 0.2) is 5.13 Å². The third-order valence-corrected chi connectivity index (χ3v) is 5.54. The maximum absolute atomic E-state index is 13.1. The predicted octanol–water partition coefficient (Wildman–Crippen LogP) is 2.93. The molecule has 0 radical (unpaired) electrons. The van der Waals surface area contributed by atoms with E-state index in [4.69, 9.17) is 0 Å². The van der Waals surface area contributed by atoms with E-state index in [-0.39, 0.29) is 11.7 Å². The molecule has 2 aromatic heterocycles. The highest BCUT2D eigenvalue weighted by molar-refractivity contribution is 7.13. The zero-order valence-corrected chi connectivity index (χ0v) is 16.0. The number of amides is 1. The van der Waals surface area contributed by atoms with Crippen molar-refractivity contribution in [3.8, 4) is 0 Å². The molecule has 0 unspecified atom stereocenters. The molecule has 1 aliphatic heterocycles. The normalized spacial score (nSPS) is 14.2. The largest absolute Gasteiger partial charge is 0.368 e. The van der Waals surface area contributed by atoms with Gasteiger partial charge in [-0.2, -0.15) is 0 Å². The van der Waals surface area contributed by atoms with Gasteiger partial charge in [0.1, 0.15) is 11.5 Å². The van der Waals surface area contributed by atoms with E-state index in [1.807, 2.05) is 12.1 Å². The molecule has 1 N–H and O–H groups in total. The fraction of sp³-hybridized carbons (Fsp3) is 0.250. The molecule has 6 nitrogen and oxygen atoms in total.